The lowest BCUT2D eigenvalue weighted by Crippen LogP contribution is -2.47. The highest BCUT2D eigenvalue weighted by Gasteiger charge is 2.36. The number of ether oxygens (including phenoxy) is 1. The summed E-state index contributed by atoms with van der Waals surface area (Å²) in [5.74, 6) is -0.722. The van der Waals surface area contributed by atoms with Crippen molar-refractivity contribution < 1.29 is 18.3 Å². The summed E-state index contributed by atoms with van der Waals surface area (Å²) in [5, 5.41) is 0. The zero-order valence-electron chi connectivity index (χ0n) is 11.6. The molecule has 3 nitrogen and oxygen atoms in total. The molecule has 106 valence electrons. The van der Waals surface area contributed by atoms with Crippen molar-refractivity contribution in [1.82, 2.24) is 4.90 Å². The van der Waals surface area contributed by atoms with E-state index < -0.39 is 24.0 Å². The number of piperidine rings is 1. The summed E-state index contributed by atoms with van der Waals surface area (Å²) in [6.07, 6.45) is -1.67. The van der Waals surface area contributed by atoms with Gasteiger partial charge in [0.2, 0.25) is 6.43 Å². The van der Waals surface area contributed by atoms with Crippen molar-refractivity contribution in [2.45, 2.75) is 52.6 Å². The number of carbonyl (C=O) groups excluding carboxylic acids is 1. The maximum Gasteiger partial charge on any atom is 0.410 e. The molecule has 0 N–H and O–H groups in total. The average Bonchev–Trinajstić information content (AvgIpc) is 2.25. The van der Waals surface area contributed by atoms with Gasteiger partial charge < -0.3 is 9.64 Å². The van der Waals surface area contributed by atoms with Crippen LogP contribution in [-0.4, -0.2) is 36.1 Å². The van der Waals surface area contributed by atoms with E-state index in [9.17, 15) is 13.6 Å². The Morgan fingerprint density at radius 3 is 2.50 bits per heavy atom. The van der Waals surface area contributed by atoms with Crippen LogP contribution in [-0.2, 0) is 4.74 Å². The molecule has 0 spiro atoms. The van der Waals surface area contributed by atoms with Gasteiger partial charge in [0.1, 0.15) is 5.60 Å². The summed E-state index contributed by atoms with van der Waals surface area (Å²) in [7, 11) is 0. The van der Waals surface area contributed by atoms with Crippen molar-refractivity contribution in [3.63, 3.8) is 0 Å². The molecule has 2 atom stereocenters. The van der Waals surface area contributed by atoms with Crippen molar-refractivity contribution in [3.05, 3.63) is 0 Å². The van der Waals surface area contributed by atoms with Gasteiger partial charge in [0.25, 0.3) is 0 Å². The van der Waals surface area contributed by atoms with Gasteiger partial charge in [-0.05, 0) is 33.1 Å². The summed E-state index contributed by atoms with van der Waals surface area (Å²) in [6.45, 7) is 8.02. The van der Waals surface area contributed by atoms with Gasteiger partial charge >= 0.3 is 6.09 Å². The first-order valence-corrected chi connectivity index (χ1v) is 6.50. The molecule has 1 rings (SSSR count). The van der Waals surface area contributed by atoms with Gasteiger partial charge in [-0.25, -0.2) is 13.6 Å². The molecule has 0 unspecified atom stereocenters. The Bertz CT molecular complexity index is 289. The highest BCUT2D eigenvalue weighted by molar-refractivity contribution is 5.68. The smallest absolute Gasteiger partial charge is 0.410 e. The van der Waals surface area contributed by atoms with Crippen molar-refractivity contribution in [1.29, 1.82) is 0 Å². The molecular formula is C13H23F2NO2. The van der Waals surface area contributed by atoms with E-state index in [4.69, 9.17) is 4.74 Å². The topological polar surface area (TPSA) is 29.5 Å². The molecule has 0 aliphatic carbocycles. The standard InChI is InChI=1S/C13H23F2NO2/c1-5-9-8-16(7-6-10(9)11(14)15)12(17)18-13(2,3)4/h9-11H,5-8H2,1-4H3/t9-,10+/m1/s1. The van der Waals surface area contributed by atoms with E-state index in [1.54, 1.807) is 25.7 Å². The molecule has 1 fully saturated rings. The lowest BCUT2D eigenvalue weighted by atomic mass is 9.84. The third kappa shape index (κ3) is 4.10. The van der Waals surface area contributed by atoms with E-state index in [1.807, 2.05) is 6.92 Å². The molecule has 0 bridgehead atoms. The van der Waals surface area contributed by atoms with Gasteiger partial charge in [-0.2, -0.15) is 0 Å². The first kappa shape index (κ1) is 15.2. The third-order valence-corrected chi connectivity index (χ3v) is 3.29. The van der Waals surface area contributed by atoms with E-state index in [1.165, 1.54) is 0 Å². The first-order chi connectivity index (χ1) is 8.24. The number of hydrogen-bond acceptors (Lipinski definition) is 2. The molecule has 5 heteroatoms. The van der Waals surface area contributed by atoms with Crippen LogP contribution in [0.4, 0.5) is 13.6 Å². The zero-order valence-corrected chi connectivity index (χ0v) is 11.6. The van der Waals surface area contributed by atoms with Crippen molar-refractivity contribution >= 4 is 6.09 Å². The Morgan fingerprint density at radius 2 is 2.06 bits per heavy atom. The Morgan fingerprint density at radius 1 is 1.44 bits per heavy atom. The number of amides is 1. The van der Waals surface area contributed by atoms with E-state index in [-0.39, 0.29) is 5.92 Å². The van der Waals surface area contributed by atoms with Crippen molar-refractivity contribution in [2.75, 3.05) is 13.1 Å². The van der Waals surface area contributed by atoms with Crippen molar-refractivity contribution in [3.8, 4) is 0 Å². The summed E-state index contributed by atoms with van der Waals surface area (Å²) >= 11 is 0. The number of carbonyl (C=O) groups is 1. The van der Waals surface area contributed by atoms with E-state index in [2.05, 4.69) is 0 Å². The molecule has 0 radical (unpaired) electrons. The van der Waals surface area contributed by atoms with Gasteiger partial charge in [-0.15, -0.1) is 0 Å². The minimum absolute atomic E-state index is 0.133. The number of halogens is 2. The number of hydrogen-bond donors (Lipinski definition) is 0. The van der Waals surface area contributed by atoms with E-state index in [0.717, 1.165) is 0 Å². The van der Waals surface area contributed by atoms with Crippen LogP contribution in [0.25, 0.3) is 0 Å². The molecule has 18 heavy (non-hydrogen) atoms. The quantitative estimate of drug-likeness (QED) is 0.762. The normalized spacial score (nSPS) is 25.4. The largest absolute Gasteiger partial charge is 0.444 e. The van der Waals surface area contributed by atoms with Gasteiger partial charge in [-0.3, -0.25) is 0 Å². The first-order valence-electron chi connectivity index (χ1n) is 6.50. The molecule has 0 aromatic heterocycles. The van der Waals surface area contributed by atoms with Crippen LogP contribution >= 0.6 is 0 Å². The average molecular weight is 263 g/mol. The van der Waals surface area contributed by atoms with Crippen molar-refractivity contribution in [2.24, 2.45) is 11.8 Å². The highest BCUT2D eigenvalue weighted by Crippen LogP contribution is 2.31. The van der Waals surface area contributed by atoms with Crippen LogP contribution in [0.15, 0.2) is 0 Å². The monoisotopic (exact) mass is 263 g/mol. The van der Waals surface area contributed by atoms with Gasteiger partial charge in [0, 0.05) is 19.0 Å². The maximum atomic E-state index is 12.8. The third-order valence-electron chi connectivity index (χ3n) is 3.29. The lowest BCUT2D eigenvalue weighted by Gasteiger charge is -2.38. The van der Waals surface area contributed by atoms with E-state index in [0.29, 0.717) is 25.9 Å². The lowest BCUT2D eigenvalue weighted by molar-refractivity contribution is -0.0222. The SMILES string of the molecule is CC[C@@H]1CN(C(=O)OC(C)(C)C)CC[C@@H]1C(F)F. The fraction of sp³-hybridized carbons (Fsp3) is 0.923. The predicted octanol–water partition coefficient (Wildman–Crippen LogP) is 3.53. The fourth-order valence-electron chi connectivity index (χ4n) is 2.31. The molecular weight excluding hydrogens is 240 g/mol. The summed E-state index contributed by atoms with van der Waals surface area (Å²) < 4.78 is 30.9. The summed E-state index contributed by atoms with van der Waals surface area (Å²) in [5.41, 5.74) is -0.543. The van der Waals surface area contributed by atoms with Gasteiger partial charge in [0.15, 0.2) is 0 Å². The molecule has 1 amide bonds. The van der Waals surface area contributed by atoms with Gasteiger partial charge in [0.05, 0.1) is 0 Å². The molecule has 1 aliphatic heterocycles. The molecule has 0 saturated carbocycles. The zero-order chi connectivity index (χ0) is 13.9. The van der Waals surface area contributed by atoms with Crippen LogP contribution in [0.2, 0.25) is 0 Å². The molecule has 1 heterocycles. The second-order valence-corrected chi connectivity index (χ2v) is 5.88. The van der Waals surface area contributed by atoms with Gasteiger partial charge in [-0.1, -0.05) is 13.3 Å². The maximum absolute atomic E-state index is 12.8. The molecule has 0 aromatic carbocycles. The van der Waals surface area contributed by atoms with Crippen LogP contribution in [0, 0.1) is 11.8 Å². The van der Waals surface area contributed by atoms with E-state index >= 15 is 0 Å². The molecule has 0 aromatic rings. The minimum Gasteiger partial charge on any atom is -0.444 e. The number of rotatable bonds is 2. The predicted molar refractivity (Wildman–Crippen MR) is 65.7 cm³/mol. The summed E-state index contributed by atoms with van der Waals surface area (Å²) in [4.78, 5) is 13.4. The Balaban J connectivity index is 2.60. The fourth-order valence-corrected chi connectivity index (χ4v) is 2.31. The summed E-state index contributed by atoms with van der Waals surface area (Å²) in [6, 6.07) is 0. The second-order valence-electron chi connectivity index (χ2n) is 5.88. The van der Waals surface area contributed by atoms with Crippen LogP contribution in [0.3, 0.4) is 0 Å². The molecule has 1 saturated heterocycles. The number of likely N-dealkylation sites (tertiary alicyclic amines) is 1. The number of nitrogens with zero attached hydrogens (tertiary/aromatic N) is 1. The molecule has 1 aliphatic rings. The Hall–Kier alpha value is -0.870. The highest BCUT2D eigenvalue weighted by atomic mass is 19.3. The van der Waals surface area contributed by atoms with Crippen LogP contribution in [0.5, 0.6) is 0 Å². The Labute approximate surface area is 107 Å². The van der Waals surface area contributed by atoms with Crippen LogP contribution < -0.4 is 0 Å². The Kier molecular flexibility index (Phi) is 4.93. The van der Waals surface area contributed by atoms with Crippen LogP contribution in [0.1, 0.15) is 40.5 Å². The second kappa shape index (κ2) is 5.85. The minimum atomic E-state index is -2.30. The number of alkyl halides is 2.